The fourth-order valence-electron chi connectivity index (χ4n) is 2.48. The number of hydrogen-bond donors (Lipinski definition) is 2. The van der Waals surface area contributed by atoms with Gasteiger partial charge in [0.1, 0.15) is 11.5 Å². The molecule has 0 bridgehead atoms. The van der Waals surface area contributed by atoms with Crippen molar-refractivity contribution in [3.8, 4) is 11.5 Å². The number of amides is 2. The molecule has 0 aliphatic heterocycles. The molecule has 0 spiro atoms. The van der Waals surface area contributed by atoms with E-state index in [0.29, 0.717) is 30.0 Å². The molecule has 2 aromatic rings. The quantitative estimate of drug-likeness (QED) is 0.811. The number of carbonyl (C=O) groups excluding carboxylic acids is 2. The Hall–Kier alpha value is -3.02. The molecule has 0 saturated heterocycles. The molecule has 0 aliphatic rings. The zero-order valence-electron chi connectivity index (χ0n) is 14.6. The van der Waals surface area contributed by atoms with Crippen molar-refractivity contribution in [2.24, 2.45) is 0 Å². The first-order chi connectivity index (χ1) is 12.0. The van der Waals surface area contributed by atoms with Crippen LogP contribution in [-0.4, -0.2) is 32.6 Å². The first-order valence-electron chi connectivity index (χ1n) is 7.91. The van der Waals surface area contributed by atoms with Gasteiger partial charge in [-0.3, -0.25) is 9.59 Å². The van der Waals surface area contributed by atoms with Crippen molar-refractivity contribution >= 4 is 17.5 Å². The lowest BCUT2D eigenvalue weighted by atomic mass is 10.1. The second-order valence-corrected chi connectivity index (χ2v) is 5.41. The largest absolute Gasteiger partial charge is 0.496 e. The van der Waals surface area contributed by atoms with Crippen LogP contribution >= 0.6 is 0 Å². The Balaban J connectivity index is 2.05. The number of anilines is 1. The Morgan fingerprint density at radius 3 is 2.40 bits per heavy atom. The number of hydrogen-bond acceptors (Lipinski definition) is 4. The summed E-state index contributed by atoms with van der Waals surface area (Å²) in [4.78, 5) is 23.7. The molecule has 25 heavy (non-hydrogen) atoms. The Morgan fingerprint density at radius 1 is 1.00 bits per heavy atom. The summed E-state index contributed by atoms with van der Waals surface area (Å²) in [7, 11) is 3.12. The normalized spacial score (nSPS) is 10.0. The van der Waals surface area contributed by atoms with Crippen LogP contribution in [0.2, 0.25) is 0 Å². The van der Waals surface area contributed by atoms with Crippen LogP contribution in [0.4, 0.5) is 5.69 Å². The van der Waals surface area contributed by atoms with Crippen molar-refractivity contribution in [2.45, 2.75) is 13.3 Å². The van der Waals surface area contributed by atoms with E-state index in [1.54, 1.807) is 25.3 Å². The van der Waals surface area contributed by atoms with Gasteiger partial charge in [-0.05, 0) is 36.2 Å². The van der Waals surface area contributed by atoms with Gasteiger partial charge in [0.25, 0.3) is 5.91 Å². The molecule has 2 aromatic carbocycles. The van der Waals surface area contributed by atoms with Gasteiger partial charge in [-0.1, -0.05) is 18.2 Å². The summed E-state index contributed by atoms with van der Waals surface area (Å²) in [6, 6.07) is 12.6. The monoisotopic (exact) mass is 342 g/mol. The highest BCUT2D eigenvalue weighted by molar-refractivity contribution is 5.99. The van der Waals surface area contributed by atoms with Crippen LogP contribution in [-0.2, 0) is 11.2 Å². The van der Waals surface area contributed by atoms with Crippen molar-refractivity contribution in [3.63, 3.8) is 0 Å². The number of carbonyl (C=O) groups is 2. The van der Waals surface area contributed by atoms with E-state index < -0.39 is 0 Å². The summed E-state index contributed by atoms with van der Waals surface area (Å²) in [6.07, 6.45) is 0.642. The van der Waals surface area contributed by atoms with Crippen LogP contribution in [0.15, 0.2) is 42.5 Å². The molecule has 0 unspecified atom stereocenters. The highest BCUT2D eigenvalue weighted by Gasteiger charge is 2.13. The van der Waals surface area contributed by atoms with Gasteiger partial charge in [-0.25, -0.2) is 0 Å². The minimum atomic E-state index is -0.265. The van der Waals surface area contributed by atoms with E-state index in [4.69, 9.17) is 9.47 Å². The third-order valence-corrected chi connectivity index (χ3v) is 3.64. The molecule has 0 saturated carbocycles. The third kappa shape index (κ3) is 4.97. The van der Waals surface area contributed by atoms with Crippen molar-refractivity contribution in [1.29, 1.82) is 0 Å². The van der Waals surface area contributed by atoms with Crippen LogP contribution in [0, 0.1) is 0 Å². The maximum atomic E-state index is 12.5. The lowest BCUT2D eigenvalue weighted by Gasteiger charge is -2.12. The van der Waals surface area contributed by atoms with Crippen molar-refractivity contribution in [3.05, 3.63) is 53.6 Å². The smallest absolute Gasteiger partial charge is 0.255 e. The molecule has 132 valence electrons. The van der Waals surface area contributed by atoms with Crippen LogP contribution in [0.5, 0.6) is 11.5 Å². The highest BCUT2D eigenvalue weighted by atomic mass is 16.5. The minimum absolute atomic E-state index is 0.201. The highest BCUT2D eigenvalue weighted by Crippen LogP contribution is 2.23. The van der Waals surface area contributed by atoms with Crippen LogP contribution in [0.25, 0.3) is 0 Å². The average Bonchev–Trinajstić information content (AvgIpc) is 2.61. The second-order valence-electron chi connectivity index (χ2n) is 5.41. The molecule has 2 rings (SSSR count). The molecule has 0 fully saturated rings. The van der Waals surface area contributed by atoms with Gasteiger partial charge in [0.15, 0.2) is 0 Å². The number of rotatable bonds is 7. The second kappa shape index (κ2) is 8.73. The van der Waals surface area contributed by atoms with E-state index in [1.165, 1.54) is 14.0 Å². The maximum absolute atomic E-state index is 12.5. The van der Waals surface area contributed by atoms with Crippen molar-refractivity contribution < 1.29 is 19.1 Å². The zero-order chi connectivity index (χ0) is 18.2. The van der Waals surface area contributed by atoms with Gasteiger partial charge in [0.05, 0.1) is 19.8 Å². The van der Waals surface area contributed by atoms with Crippen LogP contribution in [0.3, 0.4) is 0 Å². The van der Waals surface area contributed by atoms with Crippen molar-refractivity contribution in [1.82, 2.24) is 5.32 Å². The topological polar surface area (TPSA) is 76.7 Å². The summed E-state index contributed by atoms with van der Waals surface area (Å²) >= 11 is 0. The summed E-state index contributed by atoms with van der Waals surface area (Å²) < 4.78 is 10.5. The van der Waals surface area contributed by atoms with Gasteiger partial charge in [0.2, 0.25) is 5.91 Å². The lowest BCUT2D eigenvalue weighted by molar-refractivity contribution is -0.114. The third-order valence-electron chi connectivity index (χ3n) is 3.64. The molecule has 0 radical (unpaired) electrons. The molecule has 6 nitrogen and oxygen atoms in total. The van der Waals surface area contributed by atoms with Gasteiger partial charge in [-0.2, -0.15) is 0 Å². The Bertz CT molecular complexity index is 759. The molecule has 2 amide bonds. The summed E-state index contributed by atoms with van der Waals surface area (Å²) in [5.41, 5.74) is 1.93. The molecule has 0 aromatic heterocycles. The average molecular weight is 342 g/mol. The van der Waals surface area contributed by atoms with Crippen molar-refractivity contribution in [2.75, 3.05) is 26.1 Å². The lowest BCUT2D eigenvalue weighted by Crippen LogP contribution is -2.26. The number of methoxy groups -OCH3 is 2. The van der Waals surface area contributed by atoms with Crippen LogP contribution < -0.4 is 20.1 Å². The van der Waals surface area contributed by atoms with Gasteiger partial charge < -0.3 is 20.1 Å². The summed E-state index contributed by atoms with van der Waals surface area (Å²) in [6.45, 7) is 1.87. The molecular weight excluding hydrogens is 320 g/mol. The minimum Gasteiger partial charge on any atom is -0.496 e. The Labute approximate surface area is 147 Å². The van der Waals surface area contributed by atoms with E-state index in [9.17, 15) is 9.59 Å². The fraction of sp³-hybridized carbons (Fsp3) is 0.263. The van der Waals surface area contributed by atoms with Gasteiger partial charge >= 0.3 is 0 Å². The van der Waals surface area contributed by atoms with E-state index in [0.717, 1.165) is 11.3 Å². The number of benzene rings is 2. The van der Waals surface area contributed by atoms with E-state index in [2.05, 4.69) is 10.6 Å². The molecular formula is C19H22N2O4. The predicted molar refractivity (Wildman–Crippen MR) is 96.3 cm³/mol. The first-order valence-corrected chi connectivity index (χ1v) is 7.91. The van der Waals surface area contributed by atoms with E-state index in [-0.39, 0.29) is 11.8 Å². The molecule has 0 heterocycles. The zero-order valence-corrected chi connectivity index (χ0v) is 14.6. The fourth-order valence-corrected chi connectivity index (χ4v) is 2.48. The Kier molecular flexibility index (Phi) is 6.39. The standard InChI is InChI=1S/C19H22N2O4/c1-13(22)21-15-8-9-18(25-3)16(12-15)19(23)20-11-10-14-6-4-5-7-17(14)24-2/h4-9,12H,10-11H2,1-3H3,(H,20,23)(H,21,22). The molecule has 6 heteroatoms. The molecule has 2 N–H and O–H groups in total. The van der Waals surface area contributed by atoms with Gasteiger partial charge in [-0.15, -0.1) is 0 Å². The first kappa shape index (κ1) is 18.3. The SMILES string of the molecule is COc1ccccc1CCNC(=O)c1cc(NC(C)=O)ccc1OC. The van der Waals surface area contributed by atoms with Gasteiger partial charge in [0, 0.05) is 19.2 Å². The number of para-hydroxylation sites is 1. The summed E-state index contributed by atoms with van der Waals surface area (Å²) in [5.74, 6) is 0.775. The van der Waals surface area contributed by atoms with E-state index >= 15 is 0 Å². The number of ether oxygens (including phenoxy) is 2. The predicted octanol–water partition coefficient (Wildman–Crippen LogP) is 2.63. The van der Waals surface area contributed by atoms with E-state index in [1.807, 2.05) is 24.3 Å². The molecule has 0 atom stereocenters. The Morgan fingerprint density at radius 2 is 1.72 bits per heavy atom. The maximum Gasteiger partial charge on any atom is 0.255 e. The number of nitrogens with one attached hydrogen (secondary N) is 2. The van der Waals surface area contributed by atoms with Crippen LogP contribution in [0.1, 0.15) is 22.8 Å². The summed E-state index contributed by atoms with van der Waals surface area (Å²) in [5, 5.41) is 5.52. The molecule has 0 aliphatic carbocycles.